The molecule has 2 aromatic rings. The molecule has 0 saturated heterocycles. The van der Waals surface area contributed by atoms with Gasteiger partial charge in [-0.25, -0.2) is 4.98 Å². The lowest BCUT2D eigenvalue weighted by Crippen LogP contribution is -1.98. The molecule has 0 amide bonds. The van der Waals surface area contributed by atoms with Gasteiger partial charge in [-0.1, -0.05) is 23.2 Å². The van der Waals surface area contributed by atoms with Crippen LogP contribution in [0.3, 0.4) is 0 Å². The lowest BCUT2D eigenvalue weighted by atomic mass is 10.3. The van der Waals surface area contributed by atoms with E-state index in [1.807, 2.05) is 6.07 Å². The predicted molar refractivity (Wildman–Crippen MR) is 74.7 cm³/mol. The lowest BCUT2D eigenvalue weighted by Gasteiger charge is -2.08. The number of halogens is 2. The van der Waals surface area contributed by atoms with Crippen molar-refractivity contribution in [3.8, 4) is 17.8 Å². The maximum absolute atomic E-state index is 10.7. The molecule has 0 N–H and O–H groups in total. The van der Waals surface area contributed by atoms with E-state index in [-0.39, 0.29) is 33.2 Å². The van der Waals surface area contributed by atoms with Crippen LogP contribution in [0.1, 0.15) is 11.4 Å². The molecule has 0 radical (unpaired) electrons. The lowest BCUT2D eigenvalue weighted by molar-refractivity contribution is -0.384. The number of hydrogen-bond acceptors (Lipinski definition) is 6. The van der Waals surface area contributed by atoms with Crippen LogP contribution in [-0.2, 0) is 0 Å². The van der Waals surface area contributed by atoms with E-state index in [0.717, 1.165) is 12.1 Å². The Morgan fingerprint density at radius 3 is 2.43 bits per heavy atom. The van der Waals surface area contributed by atoms with Crippen molar-refractivity contribution in [1.29, 1.82) is 5.26 Å². The van der Waals surface area contributed by atoms with Crippen LogP contribution in [0.25, 0.3) is 0 Å². The van der Waals surface area contributed by atoms with Crippen molar-refractivity contribution < 1.29 is 9.66 Å². The number of ether oxygens (including phenoxy) is 1. The summed E-state index contributed by atoms with van der Waals surface area (Å²) in [5.74, 6) is -0.0153. The van der Waals surface area contributed by atoms with Gasteiger partial charge in [-0.15, -0.1) is 0 Å². The zero-order chi connectivity index (χ0) is 15.6. The van der Waals surface area contributed by atoms with Gasteiger partial charge < -0.3 is 4.74 Å². The summed E-state index contributed by atoms with van der Waals surface area (Å²) in [6, 6.07) is 5.42. The second-order valence-electron chi connectivity index (χ2n) is 3.89. The van der Waals surface area contributed by atoms with Crippen LogP contribution in [0.15, 0.2) is 18.2 Å². The Morgan fingerprint density at radius 1 is 1.29 bits per heavy atom. The Bertz CT molecular complexity index is 751. The van der Waals surface area contributed by atoms with Gasteiger partial charge in [-0.05, 0) is 13.0 Å². The van der Waals surface area contributed by atoms with Crippen molar-refractivity contribution >= 4 is 28.9 Å². The molecule has 106 valence electrons. The summed E-state index contributed by atoms with van der Waals surface area (Å²) in [5, 5.41) is 19.4. The second-order valence-corrected chi connectivity index (χ2v) is 4.70. The minimum absolute atomic E-state index is 0.0153. The Hall–Kier alpha value is -2.43. The minimum atomic E-state index is -0.626. The first kappa shape index (κ1) is 15.0. The highest BCUT2D eigenvalue weighted by Gasteiger charge is 2.17. The van der Waals surface area contributed by atoms with E-state index in [0.29, 0.717) is 5.69 Å². The van der Waals surface area contributed by atoms with E-state index in [9.17, 15) is 10.1 Å². The summed E-state index contributed by atoms with van der Waals surface area (Å²) in [6.45, 7) is 1.66. The Morgan fingerprint density at radius 2 is 1.90 bits per heavy atom. The summed E-state index contributed by atoms with van der Waals surface area (Å²) in [6.07, 6.45) is 0. The zero-order valence-electron chi connectivity index (χ0n) is 10.5. The normalized spacial score (nSPS) is 10.0. The number of nitriles is 1. The molecule has 0 aliphatic heterocycles. The number of nitrogens with zero attached hydrogens (tertiary/aromatic N) is 4. The maximum Gasteiger partial charge on any atom is 0.323 e. The van der Waals surface area contributed by atoms with Gasteiger partial charge in [-0.3, -0.25) is 10.1 Å². The average Bonchev–Trinajstić information content (AvgIpc) is 2.41. The van der Waals surface area contributed by atoms with Crippen molar-refractivity contribution in [3.05, 3.63) is 49.7 Å². The molecule has 0 spiro atoms. The van der Waals surface area contributed by atoms with Crippen molar-refractivity contribution in [2.24, 2.45) is 0 Å². The first-order chi connectivity index (χ1) is 9.90. The number of non-ortho nitro benzene ring substituents is 1. The minimum Gasteiger partial charge on any atom is -0.421 e. The number of rotatable bonds is 3. The van der Waals surface area contributed by atoms with Crippen molar-refractivity contribution in [2.45, 2.75) is 6.92 Å². The van der Waals surface area contributed by atoms with Gasteiger partial charge in [0.2, 0.25) is 0 Å². The van der Waals surface area contributed by atoms with Crippen molar-refractivity contribution in [2.75, 3.05) is 0 Å². The SMILES string of the molecule is Cc1cc(C#N)nc(Oc2c(Cl)cc([N+](=O)[O-])cc2Cl)n1. The van der Waals surface area contributed by atoms with Gasteiger partial charge in [0, 0.05) is 17.8 Å². The van der Waals surface area contributed by atoms with E-state index in [1.54, 1.807) is 6.92 Å². The van der Waals surface area contributed by atoms with E-state index < -0.39 is 4.92 Å². The molecule has 1 aromatic carbocycles. The van der Waals surface area contributed by atoms with Gasteiger partial charge >= 0.3 is 6.01 Å². The Labute approximate surface area is 128 Å². The van der Waals surface area contributed by atoms with E-state index in [1.165, 1.54) is 6.07 Å². The van der Waals surface area contributed by atoms with Gasteiger partial charge in [-0.2, -0.15) is 10.2 Å². The Kier molecular flexibility index (Phi) is 4.21. The highest BCUT2D eigenvalue weighted by Crippen LogP contribution is 2.38. The second kappa shape index (κ2) is 5.91. The third-order valence-corrected chi connectivity index (χ3v) is 2.90. The van der Waals surface area contributed by atoms with Crippen LogP contribution in [0.5, 0.6) is 11.8 Å². The van der Waals surface area contributed by atoms with Crippen LogP contribution in [0.4, 0.5) is 5.69 Å². The molecule has 0 saturated carbocycles. The van der Waals surface area contributed by atoms with E-state index in [4.69, 9.17) is 33.2 Å². The van der Waals surface area contributed by atoms with Gasteiger partial charge in [0.15, 0.2) is 5.75 Å². The standard InChI is InChI=1S/C12H6Cl2N4O3/c1-6-2-7(5-15)17-12(16-6)21-11-9(13)3-8(18(19)20)4-10(11)14/h2-4H,1H3. The molecule has 1 aromatic heterocycles. The molecule has 7 nitrogen and oxygen atoms in total. The van der Waals surface area contributed by atoms with Crippen molar-refractivity contribution in [3.63, 3.8) is 0 Å². The number of benzene rings is 1. The fourth-order valence-electron chi connectivity index (χ4n) is 1.48. The van der Waals surface area contributed by atoms with E-state index >= 15 is 0 Å². The largest absolute Gasteiger partial charge is 0.421 e. The topological polar surface area (TPSA) is 102 Å². The fraction of sp³-hybridized carbons (Fsp3) is 0.0833. The smallest absolute Gasteiger partial charge is 0.323 e. The average molecular weight is 325 g/mol. The molecule has 0 aliphatic carbocycles. The fourth-order valence-corrected chi connectivity index (χ4v) is 2.04. The molecular formula is C12H6Cl2N4O3. The third kappa shape index (κ3) is 3.37. The van der Waals surface area contributed by atoms with Crippen LogP contribution >= 0.6 is 23.2 Å². The molecular weight excluding hydrogens is 319 g/mol. The first-order valence-electron chi connectivity index (χ1n) is 5.48. The molecule has 21 heavy (non-hydrogen) atoms. The number of nitro benzene ring substituents is 1. The first-order valence-corrected chi connectivity index (χ1v) is 6.23. The molecule has 0 atom stereocenters. The zero-order valence-corrected chi connectivity index (χ0v) is 12.0. The van der Waals surface area contributed by atoms with Crippen LogP contribution in [0.2, 0.25) is 10.0 Å². The summed E-state index contributed by atoms with van der Waals surface area (Å²) >= 11 is 11.8. The van der Waals surface area contributed by atoms with Crippen molar-refractivity contribution in [1.82, 2.24) is 9.97 Å². The Balaban J connectivity index is 2.43. The molecule has 9 heteroatoms. The van der Waals surface area contributed by atoms with Gasteiger partial charge in [0.25, 0.3) is 5.69 Å². The number of aromatic nitrogens is 2. The summed E-state index contributed by atoms with van der Waals surface area (Å²) < 4.78 is 5.34. The van der Waals surface area contributed by atoms with Crippen LogP contribution in [-0.4, -0.2) is 14.9 Å². The third-order valence-electron chi connectivity index (χ3n) is 2.34. The molecule has 1 heterocycles. The molecule has 0 bridgehead atoms. The summed E-state index contributed by atoms with van der Waals surface area (Å²) in [7, 11) is 0. The molecule has 0 fully saturated rings. The molecule has 0 unspecified atom stereocenters. The highest BCUT2D eigenvalue weighted by molar-refractivity contribution is 6.37. The monoisotopic (exact) mass is 324 g/mol. The maximum atomic E-state index is 10.7. The van der Waals surface area contributed by atoms with E-state index in [2.05, 4.69) is 9.97 Å². The molecule has 2 rings (SSSR count). The number of aryl methyl sites for hydroxylation is 1. The summed E-state index contributed by atoms with van der Waals surface area (Å²) in [5.41, 5.74) is 0.373. The summed E-state index contributed by atoms with van der Waals surface area (Å²) in [4.78, 5) is 17.9. The molecule has 0 aliphatic rings. The van der Waals surface area contributed by atoms with Crippen LogP contribution < -0.4 is 4.74 Å². The quantitative estimate of drug-likeness (QED) is 0.630. The van der Waals surface area contributed by atoms with Gasteiger partial charge in [0.1, 0.15) is 11.8 Å². The van der Waals surface area contributed by atoms with Crippen LogP contribution in [0, 0.1) is 28.4 Å². The highest BCUT2D eigenvalue weighted by atomic mass is 35.5. The number of hydrogen-bond donors (Lipinski definition) is 0. The number of nitro groups is 1. The predicted octanol–water partition coefficient (Wildman–Crippen LogP) is 3.66. The van der Waals surface area contributed by atoms with Gasteiger partial charge in [0.05, 0.1) is 15.0 Å².